The molecule has 0 bridgehead atoms. The summed E-state index contributed by atoms with van der Waals surface area (Å²) in [6.07, 6.45) is 0. The Balaban J connectivity index is 2.55. The third-order valence-corrected chi connectivity index (χ3v) is 2.68. The number of hydrogen-bond donors (Lipinski definition) is 1. The van der Waals surface area contributed by atoms with Crippen LogP contribution in [0.2, 0.25) is 0 Å². The molecular weight excluding hydrogens is 266 g/mol. The van der Waals surface area contributed by atoms with E-state index < -0.39 is 11.9 Å². The molecule has 0 amide bonds. The Kier molecular flexibility index (Phi) is 3.97. The molecule has 1 heterocycles. The van der Waals surface area contributed by atoms with Crippen LogP contribution in [-0.4, -0.2) is 31.9 Å². The van der Waals surface area contributed by atoms with Gasteiger partial charge >= 0.3 is 11.9 Å². The molecule has 1 aliphatic heterocycles. The zero-order valence-corrected chi connectivity index (χ0v) is 11.2. The Morgan fingerprint density at radius 3 is 2.50 bits per heavy atom. The first kappa shape index (κ1) is 14.0. The van der Waals surface area contributed by atoms with Gasteiger partial charge in [-0.3, -0.25) is 0 Å². The van der Waals surface area contributed by atoms with E-state index >= 15 is 0 Å². The summed E-state index contributed by atoms with van der Waals surface area (Å²) in [6.45, 7) is 3.64. The molecule has 1 aromatic rings. The Morgan fingerprint density at radius 1 is 1.20 bits per heavy atom. The molecule has 0 fully saturated rings. The van der Waals surface area contributed by atoms with Crippen molar-refractivity contribution in [2.45, 2.75) is 13.8 Å². The fraction of sp³-hybridized carbons (Fsp3) is 0.385. The van der Waals surface area contributed by atoms with E-state index in [1.165, 1.54) is 6.07 Å². The summed E-state index contributed by atoms with van der Waals surface area (Å²) in [5, 5.41) is 0. The Morgan fingerprint density at radius 2 is 1.85 bits per heavy atom. The van der Waals surface area contributed by atoms with Crippen LogP contribution in [0.25, 0.3) is 0 Å². The molecule has 1 aliphatic rings. The molecule has 2 rings (SSSR count). The second kappa shape index (κ2) is 5.68. The molecule has 108 valence electrons. The van der Waals surface area contributed by atoms with Crippen LogP contribution >= 0.6 is 0 Å². The predicted octanol–water partition coefficient (Wildman–Crippen LogP) is 1.35. The average molecular weight is 281 g/mol. The molecule has 0 radical (unpaired) electrons. The van der Waals surface area contributed by atoms with Crippen molar-refractivity contribution in [1.82, 2.24) is 0 Å². The second-order valence-electron chi connectivity index (χ2n) is 3.89. The van der Waals surface area contributed by atoms with Gasteiger partial charge in [0.2, 0.25) is 6.79 Å². The summed E-state index contributed by atoms with van der Waals surface area (Å²) in [5.74, 6) is -0.827. The summed E-state index contributed by atoms with van der Waals surface area (Å²) in [7, 11) is 0. The predicted molar refractivity (Wildman–Crippen MR) is 68.9 cm³/mol. The third kappa shape index (κ3) is 2.34. The van der Waals surface area contributed by atoms with Crippen LogP contribution in [0.1, 0.15) is 34.6 Å². The molecule has 0 aliphatic carbocycles. The summed E-state index contributed by atoms with van der Waals surface area (Å²) < 4.78 is 20.2. The third-order valence-electron chi connectivity index (χ3n) is 2.68. The van der Waals surface area contributed by atoms with Gasteiger partial charge in [0.1, 0.15) is 5.56 Å². The minimum Gasteiger partial charge on any atom is -0.462 e. The Hall–Kier alpha value is -2.44. The molecule has 2 N–H and O–H groups in total. The number of esters is 2. The lowest BCUT2D eigenvalue weighted by molar-refractivity contribution is 0.0479. The maximum atomic E-state index is 12.0. The minimum atomic E-state index is -0.702. The van der Waals surface area contributed by atoms with E-state index in [-0.39, 0.29) is 42.6 Å². The topological polar surface area (TPSA) is 97.1 Å². The van der Waals surface area contributed by atoms with Gasteiger partial charge in [0.15, 0.2) is 11.5 Å². The highest BCUT2D eigenvalue weighted by Crippen LogP contribution is 2.42. The fourth-order valence-corrected chi connectivity index (χ4v) is 1.86. The number of rotatable bonds is 4. The molecule has 1 aromatic carbocycles. The number of hydrogen-bond acceptors (Lipinski definition) is 7. The fourth-order valence-electron chi connectivity index (χ4n) is 1.86. The number of benzene rings is 1. The van der Waals surface area contributed by atoms with Crippen LogP contribution < -0.4 is 15.2 Å². The van der Waals surface area contributed by atoms with E-state index in [0.717, 1.165) is 0 Å². The van der Waals surface area contributed by atoms with Crippen molar-refractivity contribution < 1.29 is 28.5 Å². The van der Waals surface area contributed by atoms with Gasteiger partial charge in [-0.25, -0.2) is 9.59 Å². The molecule has 7 nitrogen and oxygen atoms in total. The summed E-state index contributed by atoms with van der Waals surface area (Å²) >= 11 is 0. The van der Waals surface area contributed by atoms with Gasteiger partial charge in [-0.05, 0) is 19.9 Å². The molecule has 0 saturated carbocycles. The van der Waals surface area contributed by atoms with Crippen molar-refractivity contribution >= 4 is 17.6 Å². The van der Waals surface area contributed by atoms with Gasteiger partial charge in [0, 0.05) is 0 Å². The van der Waals surface area contributed by atoms with E-state index in [2.05, 4.69) is 0 Å². The summed E-state index contributed by atoms with van der Waals surface area (Å²) in [4.78, 5) is 23.9. The van der Waals surface area contributed by atoms with Gasteiger partial charge < -0.3 is 24.7 Å². The molecule has 0 atom stereocenters. The van der Waals surface area contributed by atoms with Crippen molar-refractivity contribution in [2.75, 3.05) is 25.7 Å². The number of anilines is 1. The molecule has 7 heteroatoms. The lowest BCUT2D eigenvalue weighted by atomic mass is 10.0. The van der Waals surface area contributed by atoms with Gasteiger partial charge in [-0.2, -0.15) is 0 Å². The second-order valence-corrected chi connectivity index (χ2v) is 3.89. The van der Waals surface area contributed by atoms with Gasteiger partial charge in [-0.1, -0.05) is 0 Å². The van der Waals surface area contributed by atoms with Crippen LogP contribution in [0.4, 0.5) is 5.69 Å². The van der Waals surface area contributed by atoms with Crippen molar-refractivity contribution in [3.05, 3.63) is 17.2 Å². The van der Waals surface area contributed by atoms with Crippen LogP contribution in [-0.2, 0) is 9.47 Å². The average Bonchev–Trinajstić information content (AvgIpc) is 2.87. The highest BCUT2D eigenvalue weighted by atomic mass is 16.7. The van der Waals surface area contributed by atoms with E-state index in [0.29, 0.717) is 5.75 Å². The first-order valence-corrected chi connectivity index (χ1v) is 6.16. The van der Waals surface area contributed by atoms with Crippen LogP contribution in [0.3, 0.4) is 0 Å². The maximum absolute atomic E-state index is 12.0. The van der Waals surface area contributed by atoms with Crippen LogP contribution in [0.5, 0.6) is 11.5 Å². The quantitative estimate of drug-likeness (QED) is 0.657. The van der Waals surface area contributed by atoms with Crippen LogP contribution in [0.15, 0.2) is 6.07 Å². The molecular formula is C13H15NO6. The highest BCUT2D eigenvalue weighted by molar-refractivity contribution is 6.08. The lowest BCUT2D eigenvalue weighted by Crippen LogP contribution is -2.16. The number of nitrogen functional groups attached to an aromatic ring is 1. The van der Waals surface area contributed by atoms with E-state index in [4.69, 9.17) is 24.7 Å². The van der Waals surface area contributed by atoms with E-state index in [1.54, 1.807) is 13.8 Å². The maximum Gasteiger partial charge on any atom is 0.341 e. The van der Waals surface area contributed by atoms with Gasteiger partial charge in [0.25, 0.3) is 0 Å². The van der Waals surface area contributed by atoms with Gasteiger partial charge in [-0.15, -0.1) is 0 Å². The number of carbonyl (C=O) groups is 2. The van der Waals surface area contributed by atoms with E-state index in [1.807, 2.05) is 0 Å². The Labute approximate surface area is 115 Å². The number of ether oxygens (including phenoxy) is 4. The normalized spacial score (nSPS) is 12.1. The molecule has 20 heavy (non-hydrogen) atoms. The SMILES string of the molecule is CCOC(=O)c1cc2c(c(N)c1C(=O)OCC)OCO2. The first-order chi connectivity index (χ1) is 9.60. The lowest BCUT2D eigenvalue weighted by Gasteiger charge is -2.12. The zero-order chi connectivity index (χ0) is 14.7. The summed E-state index contributed by atoms with van der Waals surface area (Å²) in [6, 6.07) is 1.38. The smallest absolute Gasteiger partial charge is 0.341 e. The monoisotopic (exact) mass is 281 g/mol. The standard InChI is InChI=1S/C13H15NO6/c1-3-17-12(15)7-5-8-11(20-6-19-8)10(14)9(7)13(16)18-4-2/h5H,3-4,6,14H2,1-2H3. The summed E-state index contributed by atoms with van der Waals surface area (Å²) in [5.41, 5.74) is 5.85. The van der Waals surface area contributed by atoms with Crippen molar-refractivity contribution in [2.24, 2.45) is 0 Å². The zero-order valence-electron chi connectivity index (χ0n) is 11.2. The van der Waals surface area contributed by atoms with Crippen LogP contribution in [0, 0.1) is 0 Å². The number of fused-ring (bicyclic) bond motifs is 1. The van der Waals surface area contributed by atoms with E-state index in [9.17, 15) is 9.59 Å². The first-order valence-electron chi connectivity index (χ1n) is 6.16. The largest absolute Gasteiger partial charge is 0.462 e. The highest BCUT2D eigenvalue weighted by Gasteiger charge is 2.30. The van der Waals surface area contributed by atoms with Crippen molar-refractivity contribution in [3.63, 3.8) is 0 Å². The molecule has 0 aromatic heterocycles. The van der Waals surface area contributed by atoms with Crippen molar-refractivity contribution in [1.29, 1.82) is 0 Å². The molecule has 0 unspecified atom stereocenters. The molecule has 0 saturated heterocycles. The van der Waals surface area contributed by atoms with Crippen molar-refractivity contribution in [3.8, 4) is 11.5 Å². The Bertz CT molecular complexity index is 554. The molecule has 0 spiro atoms. The van der Waals surface area contributed by atoms with Gasteiger partial charge in [0.05, 0.1) is 24.5 Å². The minimum absolute atomic E-state index is 0.00653. The number of nitrogens with two attached hydrogens (primary N) is 1. The number of carbonyl (C=O) groups excluding carboxylic acids is 2.